The van der Waals surface area contributed by atoms with Gasteiger partial charge in [-0.05, 0) is 36.6 Å². The number of thiazole rings is 1. The van der Waals surface area contributed by atoms with E-state index in [-0.39, 0.29) is 24.3 Å². The molecule has 0 saturated heterocycles. The molecule has 0 unspecified atom stereocenters. The van der Waals surface area contributed by atoms with Crippen molar-refractivity contribution in [3.63, 3.8) is 0 Å². The van der Waals surface area contributed by atoms with Gasteiger partial charge < -0.3 is 5.32 Å². The van der Waals surface area contributed by atoms with Crippen LogP contribution in [0.15, 0.2) is 46.3 Å². The second kappa shape index (κ2) is 10.1. The molecular formula is C21H22ClN2O6S4+. The molecule has 4 rings (SSSR count). The van der Waals surface area contributed by atoms with Crippen molar-refractivity contribution in [2.24, 2.45) is 0 Å². The first-order valence-electron chi connectivity index (χ1n) is 10.3. The van der Waals surface area contributed by atoms with Crippen LogP contribution in [0.5, 0.6) is 0 Å². The third-order valence-electron chi connectivity index (χ3n) is 5.19. The number of aromatic nitrogens is 1. The Hall–Kier alpha value is -1.67. The van der Waals surface area contributed by atoms with Gasteiger partial charge in [-0.1, -0.05) is 46.8 Å². The molecular weight excluding hydrogens is 540 g/mol. The molecule has 2 heterocycles. The Morgan fingerprint density at radius 2 is 1.71 bits per heavy atom. The third kappa shape index (κ3) is 6.30. The van der Waals surface area contributed by atoms with Gasteiger partial charge in [-0.15, -0.1) is 0 Å². The van der Waals surface area contributed by atoms with Crippen LogP contribution in [0.2, 0.25) is 5.02 Å². The Morgan fingerprint density at radius 3 is 2.44 bits per heavy atom. The highest BCUT2D eigenvalue weighted by molar-refractivity contribution is 8.03. The van der Waals surface area contributed by atoms with Crippen LogP contribution in [0.4, 0.5) is 5.69 Å². The molecule has 1 aliphatic rings. The minimum absolute atomic E-state index is 0.241. The van der Waals surface area contributed by atoms with E-state index in [0.29, 0.717) is 18.0 Å². The molecule has 0 aliphatic carbocycles. The molecule has 0 saturated carbocycles. The predicted octanol–water partition coefficient (Wildman–Crippen LogP) is 4.46. The van der Waals surface area contributed by atoms with E-state index in [9.17, 15) is 16.8 Å². The van der Waals surface area contributed by atoms with Crippen LogP contribution in [-0.2, 0) is 33.2 Å². The van der Waals surface area contributed by atoms with Crippen LogP contribution in [0.3, 0.4) is 0 Å². The number of halogens is 1. The van der Waals surface area contributed by atoms with E-state index in [2.05, 4.69) is 5.32 Å². The van der Waals surface area contributed by atoms with Gasteiger partial charge in [0.1, 0.15) is 4.70 Å². The first-order chi connectivity index (χ1) is 16.0. The Bertz CT molecular complexity index is 1480. The van der Waals surface area contributed by atoms with Crippen LogP contribution >= 0.6 is 34.7 Å². The lowest BCUT2D eigenvalue weighted by molar-refractivity contribution is -0.668. The summed E-state index contributed by atoms with van der Waals surface area (Å²) in [6.07, 6.45) is 2.89. The highest BCUT2D eigenvalue weighted by atomic mass is 35.5. The average Bonchev–Trinajstić information content (AvgIpc) is 3.29. The fraction of sp³-hybridized carbons (Fsp3) is 0.286. The van der Waals surface area contributed by atoms with Crippen molar-refractivity contribution in [1.29, 1.82) is 0 Å². The molecule has 3 N–H and O–H groups in total. The van der Waals surface area contributed by atoms with Crippen LogP contribution in [-0.4, -0.2) is 37.4 Å². The average molecular weight is 562 g/mol. The van der Waals surface area contributed by atoms with Gasteiger partial charge in [0.2, 0.25) is 5.52 Å². The van der Waals surface area contributed by atoms with Gasteiger partial charge >= 0.3 is 0 Å². The van der Waals surface area contributed by atoms with Gasteiger partial charge in [0, 0.05) is 22.4 Å². The Balaban J connectivity index is 1.61. The van der Waals surface area contributed by atoms with E-state index in [1.807, 2.05) is 41.0 Å². The summed E-state index contributed by atoms with van der Waals surface area (Å²) in [5.74, 6) is -0.655. The van der Waals surface area contributed by atoms with Crippen molar-refractivity contribution in [3.8, 4) is 0 Å². The molecule has 3 aromatic rings. The minimum Gasteiger partial charge on any atom is -0.349 e. The zero-order valence-electron chi connectivity index (χ0n) is 17.8. The molecule has 1 aromatic heterocycles. The first kappa shape index (κ1) is 25.4. The van der Waals surface area contributed by atoms with Crippen molar-refractivity contribution in [2.75, 3.05) is 16.8 Å². The van der Waals surface area contributed by atoms with E-state index in [1.165, 1.54) is 11.8 Å². The number of rotatable bonds is 9. The molecule has 0 atom stereocenters. The minimum atomic E-state index is -4.04. The molecule has 34 heavy (non-hydrogen) atoms. The second-order valence-corrected chi connectivity index (χ2v) is 13.4. The number of hydrogen-bond acceptors (Lipinski definition) is 7. The summed E-state index contributed by atoms with van der Waals surface area (Å²) >= 11 is 9.48. The number of para-hydroxylation sites is 1. The molecule has 0 spiro atoms. The maximum atomic E-state index is 11.2. The SMILES string of the molecule is O=S(=O)(O)CCCc1c(Cl)ccc2c1N/C(=C/c1sc3ccccc3[n+]1CCCS(=O)(=O)O)S2. The number of aryl methyl sites for hydroxylation is 1. The van der Waals surface area contributed by atoms with E-state index in [1.54, 1.807) is 17.4 Å². The normalized spacial score (nSPS) is 15.1. The molecule has 0 amide bonds. The predicted molar refractivity (Wildman–Crippen MR) is 137 cm³/mol. The molecule has 0 bridgehead atoms. The molecule has 2 aromatic carbocycles. The van der Waals surface area contributed by atoms with E-state index in [0.717, 1.165) is 36.4 Å². The lowest BCUT2D eigenvalue weighted by atomic mass is 10.1. The van der Waals surface area contributed by atoms with Gasteiger partial charge in [-0.2, -0.15) is 21.4 Å². The summed E-state index contributed by atoms with van der Waals surface area (Å²) in [5, 5.41) is 5.66. The monoisotopic (exact) mass is 561 g/mol. The fourth-order valence-electron chi connectivity index (χ4n) is 3.74. The third-order valence-corrected chi connectivity index (χ3v) is 9.27. The second-order valence-electron chi connectivity index (χ2n) is 7.72. The quantitative estimate of drug-likeness (QED) is 0.258. The Kier molecular flexibility index (Phi) is 7.58. The summed E-state index contributed by atoms with van der Waals surface area (Å²) in [5.41, 5.74) is 2.58. The van der Waals surface area contributed by atoms with Gasteiger partial charge in [0.25, 0.3) is 25.2 Å². The zero-order chi connectivity index (χ0) is 24.5. The highest BCUT2D eigenvalue weighted by Crippen LogP contribution is 2.46. The summed E-state index contributed by atoms with van der Waals surface area (Å²) in [7, 11) is -8.08. The summed E-state index contributed by atoms with van der Waals surface area (Å²) in [4.78, 5) is 0.955. The molecule has 1 aliphatic heterocycles. The highest BCUT2D eigenvalue weighted by Gasteiger charge is 2.25. The van der Waals surface area contributed by atoms with Crippen molar-refractivity contribution in [3.05, 3.63) is 57.0 Å². The van der Waals surface area contributed by atoms with Gasteiger partial charge in [0.05, 0.1) is 28.3 Å². The van der Waals surface area contributed by atoms with Crippen molar-refractivity contribution in [1.82, 2.24) is 0 Å². The molecule has 182 valence electrons. The summed E-state index contributed by atoms with van der Waals surface area (Å²) in [6, 6.07) is 11.5. The number of benzene rings is 2. The maximum absolute atomic E-state index is 11.2. The number of fused-ring (bicyclic) bond motifs is 2. The first-order valence-corrected chi connectivity index (χ1v) is 15.5. The number of nitrogens with one attached hydrogen (secondary N) is 1. The van der Waals surface area contributed by atoms with Crippen molar-refractivity contribution in [2.45, 2.75) is 30.7 Å². The van der Waals surface area contributed by atoms with Gasteiger partial charge in [-0.25, -0.2) is 0 Å². The standard InChI is InChI=1S/C21H21ClN2O6S4/c22-15-8-9-18-21(14(15)5-3-11-33(25,26)27)23-19(31-18)13-20-24(10-4-12-34(28,29)30)16-6-1-2-7-17(16)32-20/h1-2,6-9,13H,3-5,10-12H2,(H2,25,26,27,28,29,30)/p+1. The molecule has 8 nitrogen and oxygen atoms in total. The van der Waals surface area contributed by atoms with Gasteiger partial charge in [-0.3, -0.25) is 9.11 Å². The van der Waals surface area contributed by atoms with Crippen LogP contribution in [0, 0.1) is 0 Å². The number of anilines is 1. The van der Waals surface area contributed by atoms with Crippen LogP contribution < -0.4 is 9.88 Å². The maximum Gasteiger partial charge on any atom is 0.265 e. The lowest BCUT2D eigenvalue weighted by Gasteiger charge is -2.10. The van der Waals surface area contributed by atoms with Crippen molar-refractivity contribution < 1.29 is 30.5 Å². The zero-order valence-corrected chi connectivity index (χ0v) is 21.8. The van der Waals surface area contributed by atoms with E-state index >= 15 is 0 Å². The van der Waals surface area contributed by atoms with Crippen molar-refractivity contribution >= 4 is 76.9 Å². The molecule has 0 fully saturated rings. The largest absolute Gasteiger partial charge is 0.349 e. The van der Waals surface area contributed by atoms with E-state index in [4.69, 9.17) is 20.7 Å². The smallest absolute Gasteiger partial charge is 0.265 e. The topological polar surface area (TPSA) is 125 Å². The number of hydrogen-bond donors (Lipinski definition) is 3. The lowest BCUT2D eigenvalue weighted by Crippen LogP contribution is -2.36. The van der Waals surface area contributed by atoms with Crippen LogP contribution in [0.1, 0.15) is 23.4 Å². The number of thioether (sulfide) groups is 1. The Morgan fingerprint density at radius 1 is 1.00 bits per heavy atom. The summed E-state index contributed by atoms with van der Waals surface area (Å²) in [6.45, 7) is 0.424. The van der Waals surface area contributed by atoms with E-state index < -0.39 is 20.2 Å². The molecule has 13 heteroatoms. The Labute approximate surface area is 211 Å². The molecule has 0 radical (unpaired) electrons. The van der Waals surface area contributed by atoms with Gasteiger partial charge in [0.15, 0.2) is 6.54 Å². The van der Waals surface area contributed by atoms with Crippen LogP contribution in [0.25, 0.3) is 16.3 Å². The number of nitrogens with zero attached hydrogens (tertiary/aromatic N) is 1. The fourth-order valence-corrected chi connectivity index (χ4v) is 7.17. The summed E-state index contributed by atoms with van der Waals surface area (Å²) < 4.78 is 65.7.